The average molecular weight is 505 g/mol. The fraction of sp³-hybridized carbons (Fsp3) is 0.429. The Hall–Kier alpha value is -2.17. The molecule has 0 saturated heterocycles. The second kappa shape index (κ2) is 20.0. The minimum absolute atomic E-state index is 0.635. The van der Waals surface area contributed by atoms with E-state index in [0.29, 0.717) is 5.92 Å². The third kappa shape index (κ3) is 13.8. The molecule has 1 heteroatoms. The Kier molecular flexibility index (Phi) is 18.7. The van der Waals surface area contributed by atoms with E-state index in [1.54, 1.807) is 0 Å². The quantitative estimate of drug-likeness (QED) is 0.281. The molecule has 0 aromatic heterocycles. The molecular weight excluding hydrogens is 451 g/mol. The molecule has 0 heterocycles. The summed E-state index contributed by atoms with van der Waals surface area (Å²) in [4.78, 5) is 0. The summed E-state index contributed by atoms with van der Waals surface area (Å²) in [5.41, 5.74) is 10.2. The second-order valence-electron chi connectivity index (χ2n) is 9.36. The van der Waals surface area contributed by atoms with Gasteiger partial charge in [0.15, 0.2) is 0 Å². The minimum Gasteiger partial charge on any atom is -0.135 e. The summed E-state index contributed by atoms with van der Waals surface area (Å²) in [6, 6.07) is 26.5. The van der Waals surface area contributed by atoms with Gasteiger partial charge in [0, 0.05) is 0 Å². The van der Waals surface area contributed by atoms with Gasteiger partial charge in [0.05, 0.1) is 0 Å². The van der Waals surface area contributed by atoms with E-state index >= 15 is 0 Å². The Balaban J connectivity index is 0.00000119. The van der Waals surface area contributed by atoms with Crippen LogP contribution in [-0.2, 0) is 6.42 Å². The highest BCUT2D eigenvalue weighted by atomic mass is 31.0. The molecule has 198 valence electrons. The van der Waals surface area contributed by atoms with E-state index in [2.05, 4.69) is 130 Å². The predicted octanol–water partition coefficient (Wildman–Crippen LogP) is 11.4. The molecule has 0 bridgehead atoms. The number of aryl methyl sites for hydroxylation is 2. The maximum Gasteiger partial charge on any atom is -0.00912 e. The van der Waals surface area contributed by atoms with Crippen molar-refractivity contribution in [2.75, 3.05) is 0 Å². The largest absolute Gasteiger partial charge is 0.135 e. The zero-order chi connectivity index (χ0) is 27.5. The van der Waals surface area contributed by atoms with Gasteiger partial charge in [-0.05, 0) is 72.2 Å². The zero-order valence-corrected chi connectivity index (χ0v) is 26.0. The predicted molar refractivity (Wildman–Crippen MR) is 171 cm³/mol. The van der Waals surface area contributed by atoms with Gasteiger partial charge in [-0.3, -0.25) is 0 Å². The highest BCUT2D eigenvalue weighted by Gasteiger charge is 2.07. The molecule has 3 aromatic carbocycles. The molecule has 0 radical (unpaired) electrons. The Morgan fingerprint density at radius 2 is 1.28 bits per heavy atom. The minimum atomic E-state index is 0.635. The van der Waals surface area contributed by atoms with Crippen LogP contribution in [0.5, 0.6) is 0 Å². The Labute approximate surface area is 226 Å². The normalized spacial score (nSPS) is 11.3. The molecule has 0 aliphatic heterocycles. The van der Waals surface area contributed by atoms with Crippen molar-refractivity contribution in [3.05, 3.63) is 101 Å². The van der Waals surface area contributed by atoms with Crippen LogP contribution in [0, 0.1) is 19.8 Å². The zero-order valence-electron chi connectivity index (χ0n) is 24.9. The number of allylic oxidation sites excluding steroid dienone is 2. The van der Waals surface area contributed by atoms with Crippen molar-refractivity contribution in [1.82, 2.24) is 0 Å². The van der Waals surface area contributed by atoms with Crippen molar-refractivity contribution in [2.45, 2.75) is 94.2 Å². The summed E-state index contributed by atoms with van der Waals surface area (Å²) in [5.74, 6) is 0.635. The smallest absolute Gasteiger partial charge is 0.00912 e. The third-order valence-electron chi connectivity index (χ3n) is 5.48. The lowest BCUT2D eigenvalue weighted by molar-refractivity contribution is 0.672. The molecule has 0 saturated carbocycles. The molecule has 0 spiro atoms. The van der Waals surface area contributed by atoms with E-state index in [1.807, 2.05) is 27.7 Å². The maximum atomic E-state index is 2.73. The third-order valence-corrected chi connectivity index (χ3v) is 5.95. The molecular formula is C35H53P. The molecule has 0 nitrogen and oxygen atoms in total. The van der Waals surface area contributed by atoms with E-state index in [-0.39, 0.29) is 0 Å². The van der Waals surface area contributed by atoms with E-state index in [4.69, 9.17) is 0 Å². The monoisotopic (exact) mass is 504 g/mol. The van der Waals surface area contributed by atoms with E-state index in [9.17, 15) is 0 Å². The Morgan fingerprint density at radius 3 is 1.78 bits per heavy atom. The van der Waals surface area contributed by atoms with Gasteiger partial charge in [-0.1, -0.05) is 146 Å². The average Bonchev–Trinajstić information content (AvgIpc) is 2.89. The molecule has 3 rings (SSSR count). The summed E-state index contributed by atoms with van der Waals surface area (Å²) in [6.45, 7) is 21.3. The van der Waals surface area contributed by atoms with Crippen LogP contribution in [0.4, 0.5) is 0 Å². The molecule has 2 atom stereocenters. The standard InChI is InChI=1S/C27H30.C4H11P.2C2H6/c1-20(2)15-27(14-13-23-17-21(3)16-22(4)18-23)26-12-8-11-25(19-26)24-9-6-5-7-10-24;1-3-4(2)5;2*1-2/h5-12,14,16-20H,13,15H2,1-4H3;4H,3,5H2,1-2H3;2*1-2H3/b27-14-;;;/t;4-;;/m.0../s1. The fourth-order valence-corrected chi connectivity index (χ4v) is 3.72. The van der Waals surface area contributed by atoms with Crippen LogP contribution in [0.2, 0.25) is 0 Å². The number of rotatable bonds is 7. The fourth-order valence-electron chi connectivity index (χ4n) is 3.72. The first-order valence-corrected chi connectivity index (χ1v) is 14.6. The summed E-state index contributed by atoms with van der Waals surface area (Å²) in [7, 11) is 2.73. The number of hydrogen-bond acceptors (Lipinski definition) is 0. The van der Waals surface area contributed by atoms with Crippen LogP contribution in [0.15, 0.2) is 78.9 Å². The lowest BCUT2D eigenvalue weighted by atomic mass is 9.92. The van der Waals surface area contributed by atoms with Gasteiger partial charge in [0.1, 0.15) is 0 Å². The van der Waals surface area contributed by atoms with Gasteiger partial charge < -0.3 is 0 Å². The van der Waals surface area contributed by atoms with E-state index in [0.717, 1.165) is 18.5 Å². The summed E-state index contributed by atoms with van der Waals surface area (Å²) < 4.78 is 0. The highest BCUT2D eigenvalue weighted by Crippen LogP contribution is 2.28. The summed E-state index contributed by atoms with van der Waals surface area (Å²) in [5, 5.41) is 0. The maximum absolute atomic E-state index is 2.73. The van der Waals surface area contributed by atoms with Crippen LogP contribution in [0.3, 0.4) is 0 Å². The van der Waals surface area contributed by atoms with E-state index in [1.165, 1.54) is 45.4 Å². The van der Waals surface area contributed by atoms with Gasteiger partial charge in [-0.15, -0.1) is 9.24 Å². The molecule has 3 aromatic rings. The van der Waals surface area contributed by atoms with Gasteiger partial charge in [-0.2, -0.15) is 0 Å². The molecule has 36 heavy (non-hydrogen) atoms. The van der Waals surface area contributed by atoms with Gasteiger partial charge >= 0.3 is 0 Å². The topological polar surface area (TPSA) is 0 Å². The second-order valence-corrected chi connectivity index (χ2v) is 10.5. The van der Waals surface area contributed by atoms with Crippen molar-refractivity contribution in [1.29, 1.82) is 0 Å². The van der Waals surface area contributed by atoms with Gasteiger partial charge in [-0.25, -0.2) is 0 Å². The molecule has 0 aliphatic carbocycles. The first-order chi connectivity index (χ1) is 17.3. The first-order valence-electron chi connectivity index (χ1n) is 14.0. The van der Waals surface area contributed by atoms with Crippen molar-refractivity contribution >= 4 is 14.8 Å². The van der Waals surface area contributed by atoms with E-state index < -0.39 is 0 Å². The number of hydrogen-bond donors (Lipinski definition) is 0. The molecule has 1 unspecified atom stereocenters. The summed E-state index contributed by atoms with van der Waals surface area (Å²) in [6.07, 6.45) is 5.78. The van der Waals surface area contributed by atoms with Crippen LogP contribution in [0.25, 0.3) is 16.7 Å². The van der Waals surface area contributed by atoms with Crippen molar-refractivity contribution in [3.63, 3.8) is 0 Å². The van der Waals surface area contributed by atoms with Crippen LogP contribution in [0.1, 0.15) is 90.5 Å². The van der Waals surface area contributed by atoms with Crippen molar-refractivity contribution in [3.8, 4) is 11.1 Å². The SMILES string of the molecule is CC.CC.CC[C@H](C)P.Cc1cc(C)cc(C/C=C(/CC(C)C)c2cccc(-c3ccccc3)c2)c1. The van der Waals surface area contributed by atoms with Gasteiger partial charge in [0.2, 0.25) is 0 Å². The molecule has 0 fully saturated rings. The molecule has 0 aliphatic rings. The Bertz CT molecular complexity index is 960. The summed E-state index contributed by atoms with van der Waals surface area (Å²) >= 11 is 0. The van der Waals surface area contributed by atoms with Crippen LogP contribution >= 0.6 is 9.24 Å². The van der Waals surface area contributed by atoms with Crippen molar-refractivity contribution < 1.29 is 0 Å². The molecule has 0 N–H and O–H groups in total. The van der Waals surface area contributed by atoms with Crippen molar-refractivity contribution in [2.24, 2.45) is 5.92 Å². The number of benzene rings is 3. The van der Waals surface area contributed by atoms with Crippen LogP contribution < -0.4 is 0 Å². The Morgan fingerprint density at radius 1 is 0.750 bits per heavy atom. The first kappa shape index (κ1) is 33.8. The van der Waals surface area contributed by atoms with Crippen LogP contribution in [-0.4, -0.2) is 5.66 Å². The highest BCUT2D eigenvalue weighted by molar-refractivity contribution is 7.17. The molecule has 0 amide bonds. The lowest BCUT2D eigenvalue weighted by Gasteiger charge is -2.13. The van der Waals surface area contributed by atoms with Gasteiger partial charge in [0.25, 0.3) is 0 Å². The lowest BCUT2D eigenvalue weighted by Crippen LogP contribution is -1.95.